The van der Waals surface area contributed by atoms with E-state index in [0.717, 1.165) is 28.1 Å². The summed E-state index contributed by atoms with van der Waals surface area (Å²) in [7, 11) is 1.78. The van der Waals surface area contributed by atoms with Gasteiger partial charge in [0.15, 0.2) is 0 Å². The molecule has 0 unspecified atom stereocenters. The predicted molar refractivity (Wildman–Crippen MR) is 127 cm³/mol. The molecule has 6 heteroatoms. The first-order valence-corrected chi connectivity index (χ1v) is 10.6. The second-order valence-electron chi connectivity index (χ2n) is 7.77. The Morgan fingerprint density at radius 1 is 0.969 bits per heavy atom. The van der Waals surface area contributed by atoms with Crippen molar-refractivity contribution in [2.24, 2.45) is 0 Å². The number of carbonyl (C=O) groups excluding carboxylic acids is 2. The van der Waals surface area contributed by atoms with Crippen molar-refractivity contribution >= 4 is 28.5 Å². The van der Waals surface area contributed by atoms with Crippen molar-refractivity contribution in [2.45, 2.75) is 19.9 Å². The molecule has 3 aromatic carbocycles. The van der Waals surface area contributed by atoms with E-state index in [9.17, 15) is 9.59 Å². The number of nitrogens with zero attached hydrogens (tertiary/aromatic N) is 3. The molecule has 2 amide bonds. The Labute approximate surface area is 187 Å². The molecule has 4 aromatic rings. The molecular formula is C26H26N4O2. The lowest BCUT2D eigenvalue weighted by molar-refractivity contribution is -0.118. The van der Waals surface area contributed by atoms with E-state index in [2.05, 4.69) is 5.32 Å². The quantitative estimate of drug-likeness (QED) is 0.486. The summed E-state index contributed by atoms with van der Waals surface area (Å²) >= 11 is 0. The number of nitrogens with one attached hydrogen (secondary N) is 1. The van der Waals surface area contributed by atoms with Gasteiger partial charge in [-0.25, -0.2) is 4.98 Å². The number of para-hydroxylation sites is 3. The average molecular weight is 427 g/mol. The summed E-state index contributed by atoms with van der Waals surface area (Å²) in [6.07, 6.45) is 0.522. The number of imidazole rings is 1. The van der Waals surface area contributed by atoms with Crippen molar-refractivity contribution in [3.8, 4) is 0 Å². The Morgan fingerprint density at radius 2 is 1.72 bits per heavy atom. The van der Waals surface area contributed by atoms with Gasteiger partial charge >= 0.3 is 0 Å². The topological polar surface area (TPSA) is 67.2 Å². The molecule has 0 radical (unpaired) electrons. The van der Waals surface area contributed by atoms with Gasteiger partial charge in [-0.1, -0.05) is 48.0 Å². The largest absolute Gasteiger partial charge is 0.352 e. The summed E-state index contributed by atoms with van der Waals surface area (Å²) < 4.78 is 1.94. The first kappa shape index (κ1) is 21.3. The zero-order chi connectivity index (χ0) is 22.5. The van der Waals surface area contributed by atoms with E-state index in [1.54, 1.807) is 18.0 Å². The van der Waals surface area contributed by atoms with Gasteiger partial charge in [0.2, 0.25) is 5.91 Å². The molecule has 0 aliphatic carbocycles. The van der Waals surface area contributed by atoms with Gasteiger partial charge in [0.1, 0.15) is 12.4 Å². The minimum Gasteiger partial charge on any atom is -0.352 e. The maximum atomic E-state index is 13.0. The molecule has 0 atom stereocenters. The number of fused-ring (bicyclic) bond motifs is 1. The molecular weight excluding hydrogens is 400 g/mol. The summed E-state index contributed by atoms with van der Waals surface area (Å²) in [5.41, 5.74) is 4.26. The fourth-order valence-corrected chi connectivity index (χ4v) is 3.71. The van der Waals surface area contributed by atoms with Crippen molar-refractivity contribution in [3.63, 3.8) is 0 Å². The molecule has 6 nitrogen and oxygen atoms in total. The molecule has 0 aliphatic rings. The number of carbonyl (C=O) groups is 2. The summed E-state index contributed by atoms with van der Waals surface area (Å²) in [5, 5.41) is 2.96. The van der Waals surface area contributed by atoms with E-state index >= 15 is 0 Å². The van der Waals surface area contributed by atoms with Crippen molar-refractivity contribution in [3.05, 3.63) is 95.8 Å². The molecule has 0 saturated carbocycles. The van der Waals surface area contributed by atoms with Crippen LogP contribution < -0.4 is 10.2 Å². The van der Waals surface area contributed by atoms with Crippen molar-refractivity contribution in [1.29, 1.82) is 0 Å². The Hall–Kier alpha value is -3.93. The normalized spacial score (nSPS) is 10.8. The predicted octanol–water partition coefficient (Wildman–Crippen LogP) is 3.98. The summed E-state index contributed by atoms with van der Waals surface area (Å²) in [4.78, 5) is 31.9. The highest BCUT2D eigenvalue weighted by Crippen LogP contribution is 2.18. The van der Waals surface area contributed by atoms with Crippen LogP contribution in [0.2, 0.25) is 0 Å². The second kappa shape index (κ2) is 9.47. The van der Waals surface area contributed by atoms with Crippen LogP contribution in [0.25, 0.3) is 11.0 Å². The third kappa shape index (κ3) is 4.70. The van der Waals surface area contributed by atoms with Crippen molar-refractivity contribution in [1.82, 2.24) is 14.9 Å². The van der Waals surface area contributed by atoms with Crippen LogP contribution in [0.4, 0.5) is 5.69 Å². The molecule has 0 spiro atoms. The van der Waals surface area contributed by atoms with Crippen molar-refractivity contribution in [2.75, 3.05) is 18.5 Å². The van der Waals surface area contributed by atoms with Gasteiger partial charge in [-0.15, -0.1) is 0 Å². The number of amides is 2. The van der Waals surface area contributed by atoms with Crippen LogP contribution in [0.1, 0.15) is 21.7 Å². The maximum Gasteiger partial charge on any atom is 0.251 e. The van der Waals surface area contributed by atoms with E-state index < -0.39 is 0 Å². The zero-order valence-corrected chi connectivity index (χ0v) is 18.3. The molecule has 4 rings (SSSR count). The minimum absolute atomic E-state index is 0.0376. The molecule has 162 valence electrons. The Kier molecular flexibility index (Phi) is 6.31. The summed E-state index contributed by atoms with van der Waals surface area (Å²) in [6.45, 7) is 2.56. The smallest absolute Gasteiger partial charge is 0.251 e. The lowest BCUT2D eigenvalue weighted by atomic mass is 10.1. The number of aromatic nitrogens is 2. The lowest BCUT2D eigenvalue weighted by Gasteiger charge is -2.18. The Morgan fingerprint density at radius 3 is 2.50 bits per heavy atom. The Bertz CT molecular complexity index is 1250. The number of anilines is 1. The van der Waals surface area contributed by atoms with Gasteiger partial charge in [-0.2, -0.15) is 0 Å². The van der Waals surface area contributed by atoms with Gasteiger partial charge in [0, 0.05) is 31.3 Å². The fourth-order valence-electron chi connectivity index (χ4n) is 3.71. The number of hydrogen-bond donors (Lipinski definition) is 1. The van der Waals surface area contributed by atoms with Gasteiger partial charge in [0.25, 0.3) is 5.91 Å². The zero-order valence-electron chi connectivity index (χ0n) is 18.3. The molecule has 0 bridgehead atoms. The van der Waals surface area contributed by atoms with Crippen LogP contribution >= 0.6 is 0 Å². The summed E-state index contributed by atoms with van der Waals surface area (Å²) in [5.74, 6) is 0.617. The van der Waals surface area contributed by atoms with Crippen molar-refractivity contribution < 1.29 is 9.59 Å². The number of aryl methyl sites for hydroxylation is 1. The third-order valence-corrected chi connectivity index (χ3v) is 5.46. The summed E-state index contributed by atoms with van der Waals surface area (Å²) in [6, 6.07) is 24.8. The number of hydrogen-bond acceptors (Lipinski definition) is 3. The molecule has 0 fully saturated rings. The van der Waals surface area contributed by atoms with E-state index in [1.165, 1.54) is 0 Å². The van der Waals surface area contributed by atoms with Gasteiger partial charge in [0.05, 0.1) is 11.0 Å². The average Bonchev–Trinajstić information content (AvgIpc) is 3.16. The van der Waals surface area contributed by atoms with Crippen LogP contribution in [0.5, 0.6) is 0 Å². The van der Waals surface area contributed by atoms with Crippen LogP contribution in [0, 0.1) is 6.92 Å². The standard InChI is InChI=1S/C26H26N4O2/c1-19-9-8-10-20(17-19)26(32)27-16-15-24-28-22-13-6-7-14-23(22)30(24)18-25(31)29(2)21-11-4-3-5-12-21/h3-14,17H,15-16,18H2,1-2H3,(H,27,32). The number of likely N-dealkylation sites (N-methyl/N-ethyl adjacent to an activating group) is 1. The fraction of sp³-hybridized carbons (Fsp3) is 0.192. The highest BCUT2D eigenvalue weighted by molar-refractivity contribution is 5.94. The molecule has 1 heterocycles. The first-order valence-electron chi connectivity index (χ1n) is 10.6. The second-order valence-corrected chi connectivity index (χ2v) is 7.77. The highest BCUT2D eigenvalue weighted by Gasteiger charge is 2.17. The molecule has 0 aliphatic heterocycles. The van der Waals surface area contributed by atoms with E-state index in [-0.39, 0.29) is 18.4 Å². The van der Waals surface area contributed by atoms with Crippen LogP contribution in [-0.4, -0.2) is 35.0 Å². The third-order valence-electron chi connectivity index (χ3n) is 5.46. The molecule has 32 heavy (non-hydrogen) atoms. The monoisotopic (exact) mass is 426 g/mol. The van der Waals surface area contributed by atoms with E-state index in [1.807, 2.05) is 84.3 Å². The highest BCUT2D eigenvalue weighted by atomic mass is 16.2. The maximum absolute atomic E-state index is 13.0. The van der Waals surface area contributed by atoms with E-state index in [4.69, 9.17) is 4.98 Å². The van der Waals surface area contributed by atoms with E-state index in [0.29, 0.717) is 18.5 Å². The lowest BCUT2D eigenvalue weighted by Crippen LogP contribution is -2.31. The van der Waals surface area contributed by atoms with Gasteiger partial charge < -0.3 is 14.8 Å². The van der Waals surface area contributed by atoms with Gasteiger partial charge in [-0.3, -0.25) is 9.59 Å². The van der Waals surface area contributed by atoms with Crippen LogP contribution in [0.15, 0.2) is 78.9 Å². The molecule has 1 N–H and O–H groups in total. The Balaban J connectivity index is 1.50. The van der Waals surface area contributed by atoms with Crippen LogP contribution in [-0.2, 0) is 17.8 Å². The number of rotatable bonds is 7. The molecule has 0 saturated heterocycles. The SMILES string of the molecule is Cc1cccc(C(=O)NCCc2nc3ccccc3n2CC(=O)N(C)c2ccccc2)c1. The van der Waals surface area contributed by atoms with Crippen LogP contribution in [0.3, 0.4) is 0 Å². The molecule has 1 aromatic heterocycles. The minimum atomic E-state index is -0.115. The van der Waals surface area contributed by atoms with Gasteiger partial charge in [-0.05, 0) is 43.3 Å². The first-order chi connectivity index (χ1) is 15.5. The number of benzene rings is 3.